The Morgan fingerprint density at radius 3 is 2.54 bits per heavy atom. The normalized spacial score (nSPS) is 10.2. The molecule has 0 aliphatic heterocycles. The number of benzene rings is 2. The quantitative estimate of drug-likeness (QED) is 0.697. The number of nitrogens with zero attached hydrogens (tertiary/aromatic N) is 2. The summed E-state index contributed by atoms with van der Waals surface area (Å²) in [4.78, 5) is 4.25. The molecule has 0 aliphatic carbocycles. The van der Waals surface area contributed by atoms with Gasteiger partial charge in [0.15, 0.2) is 11.5 Å². The van der Waals surface area contributed by atoms with Crippen LogP contribution in [-0.4, -0.2) is 25.7 Å². The monoisotopic (exact) mass is 349 g/mol. The number of hydrogen-bond donors (Lipinski definition) is 1. The largest absolute Gasteiger partial charge is 0.493 e. The maximum Gasteiger partial charge on any atom is 0.232 e. The van der Waals surface area contributed by atoms with Crippen molar-refractivity contribution >= 4 is 5.88 Å². The Morgan fingerprint density at radius 1 is 1.08 bits per heavy atom. The molecule has 1 aromatic heterocycles. The Balaban J connectivity index is 1.69. The predicted molar refractivity (Wildman–Crippen MR) is 98.4 cm³/mol. The molecule has 0 radical (unpaired) electrons. The van der Waals surface area contributed by atoms with Gasteiger partial charge in [-0.1, -0.05) is 24.3 Å². The van der Waals surface area contributed by atoms with Gasteiger partial charge in [0, 0.05) is 12.1 Å². The Morgan fingerprint density at radius 2 is 1.85 bits per heavy atom. The van der Waals surface area contributed by atoms with E-state index in [1.165, 1.54) is 0 Å². The summed E-state index contributed by atoms with van der Waals surface area (Å²) in [5.74, 6) is 2.19. The molecule has 0 atom stereocenters. The standard InChI is InChI=1S/C20H19N3O3/c1-24-17-9-8-14(12-18(17)25-2)10-11-22-20-16(13-21)23-19(26-20)15-6-4-3-5-7-15/h3-9,12,22H,10-11H2,1-2H3. The predicted octanol–water partition coefficient (Wildman–Crippen LogP) is 3.89. The van der Waals surface area contributed by atoms with E-state index >= 15 is 0 Å². The molecule has 0 aliphatic rings. The van der Waals surface area contributed by atoms with Gasteiger partial charge in [-0.05, 0) is 36.2 Å². The molecule has 0 unspecified atom stereocenters. The van der Waals surface area contributed by atoms with E-state index in [0.29, 0.717) is 29.8 Å². The van der Waals surface area contributed by atoms with Crippen molar-refractivity contribution in [3.05, 3.63) is 59.8 Å². The SMILES string of the molecule is COc1ccc(CCNc2oc(-c3ccccc3)nc2C#N)cc1OC. The van der Waals surface area contributed by atoms with Crippen LogP contribution >= 0.6 is 0 Å². The van der Waals surface area contributed by atoms with E-state index in [4.69, 9.17) is 13.9 Å². The summed E-state index contributed by atoms with van der Waals surface area (Å²) < 4.78 is 16.3. The zero-order valence-corrected chi connectivity index (χ0v) is 14.7. The molecule has 0 fully saturated rings. The van der Waals surface area contributed by atoms with Gasteiger partial charge in [-0.3, -0.25) is 0 Å². The highest BCUT2D eigenvalue weighted by atomic mass is 16.5. The highest BCUT2D eigenvalue weighted by Crippen LogP contribution is 2.28. The third-order valence-corrected chi connectivity index (χ3v) is 3.90. The molecule has 3 rings (SSSR count). The lowest BCUT2D eigenvalue weighted by Crippen LogP contribution is -2.05. The zero-order valence-electron chi connectivity index (χ0n) is 14.7. The van der Waals surface area contributed by atoms with Crippen molar-refractivity contribution in [2.75, 3.05) is 26.1 Å². The van der Waals surface area contributed by atoms with Gasteiger partial charge >= 0.3 is 0 Å². The number of ether oxygens (including phenoxy) is 2. The zero-order chi connectivity index (χ0) is 18.4. The molecule has 6 heteroatoms. The second-order valence-corrected chi connectivity index (χ2v) is 5.54. The number of hydrogen-bond acceptors (Lipinski definition) is 6. The van der Waals surface area contributed by atoms with E-state index in [2.05, 4.69) is 16.4 Å². The van der Waals surface area contributed by atoms with Gasteiger partial charge in [-0.25, -0.2) is 0 Å². The Bertz CT molecular complexity index is 914. The first kappa shape index (κ1) is 17.4. The molecule has 26 heavy (non-hydrogen) atoms. The van der Waals surface area contributed by atoms with Gasteiger partial charge in [-0.2, -0.15) is 10.2 Å². The van der Waals surface area contributed by atoms with Gasteiger partial charge in [0.1, 0.15) is 6.07 Å². The highest BCUT2D eigenvalue weighted by Gasteiger charge is 2.14. The van der Waals surface area contributed by atoms with Crippen molar-refractivity contribution in [1.82, 2.24) is 4.98 Å². The van der Waals surface area contributed by atoms with Crippen LogP contribution in [0, 0.1) is 11.3 Å². The van der Waals surface area contributed by atoms with Crippen LogP contribution < -0.4 is 14.8 Å². The molecule has 2 aromatic carbocycles. The number of methoxy groups -OCH3 is 2. The average Bonchev–Trinajstić information content (AvgIpc) is 3.11. The van der Waals surface area contributed by atoms with Gasteiger partial charge in [0.05, 0.1) is 14.2 Å². The minimum Gasteiger partial charge on any atom is -0.493 e. The molecular weight excluding hydrogens is 330 g/mol. The number of nitrogens with one attached hydrogen (secondary N) is 1. The van der Waals surface area contributed by atoms with Crippen LogP contribution in [0.3, 0.4) is 0 Å². The number of oxazole rings is 1. The summed E-state index contributed by atoms with van der Waals surface area (Å²) in [6.45, 7) is 0.591. The van der Waals surface area contributed by atoms with Gasteiger partial charge in [-0.15, -0.1) is 0 Å². The molecule has 1 N–H and O–H groups in total. The lowest BCUT2D eigenvalue weighted by Gasteiger charge is -2.09. The van der Waals surface area contributed by atoms with Crippen molar-refractivity contribution in [1.29, 1.82) is 5.26 Å². The second kappa shape index (κ2) is 8.08. The molecule has 0 bridgehead atoms. The molecule has 132 valence electrons. The summed E-state index contributed by atoms with van der Waals surface area (Å²) >= 11 is 0. The molecule has 1 heterocycles. The third-order valence-electron chi connectivity index (χ3n) is 3.90. The number of rotatable bonds is 7. The second-order valence-electron chi connectivity index (χ2n) is 5.54. The van der Waals surface area contributed by atoms with Crippen LogP contribution in [0.15, 0.2) is 52.9 Å². The highest BCUT2D eigenvalue weighted by molar-refractivity contribution is 5.58. The van der Waals surface area contributed by atoms with E-state index in [1.54, 1.807) is 14.2 Å². The van der Waals surface area contributed by atoms with E-state index in [-0.39, 0.29) is 5.69 Å². The Kier molecular flexibility index (Phi) is 5.40. The lowest BCUT2D eigenvalue weighted by atomic mass is 10.1. The van der Waals surface area contributed by atoms with Crippen molar-refractivity contribution in [3.8, 4) is 29.0 Å². The minimum atomic E-state index is 0.246. The maximum absolute atomic E-state index is 9.28. The van der Waals surface area contributed by atoms with Crippen molar-refractivity contribution < 1.29 is 13.9 Å². The van der Waals surface area contributed by atoms with Crippen LogP contribution in [0.5, 0.6) is 11.5 Å². The lowest BCUT2D eigenvalue weighted by molar-refractivity contribution is 0.354. The molecular formula is C20H19N3O3. The third kappa shape index (κ3) is 3.78. The smallest absolute Gasteiger partial charge is 0.232 e. The van der Waals surface area contributed by atoms with Crippen molar-refractivity contribution in [2.24, 2.45) is 0 Å². The van der Waals surface area contributed by atoms with Crippen LogP contribution in [-0.2, 0) is 6.42 Å². The maximum atomic E-state index is 9.28. The molecule has 0 saturated heterocycles. The van der Waals surface area contributed by atoms with Gasteiger partial charge < -0.3 is 19.2 Å². The molecule has 0 amide bonds. The fraction of sp³-hybridized carbons (Fsp3) is 0.200. The molecule has 0 spiro atoms. The van der Waals surface area contributed by atoms with Crippen LogP contribution in [0.2, 0.25) is 0 Å². The van der Waals surface area contributed by atoms with E-state index in [0.717, 1.165) is 17.5 Å². The summed E-state index contributed by atoms with van der Waals surface area (Å²) in [7, 11) is 3.22. The first-order valence-corrected chi connectivity index (χ1v) is 8.16. The van der Waals surface area contributed by atoms with Gasteiger partial charge in [0.25, 0.3) is 0 Å². The van der Waals surface area contributed by atoms with E-state index < -0.39 is 0 Å². The van der Waals surface area contributed by atoms with Crippen LogP contribution in [0.4, 0.5) is 5.88 Å². The number of nitriles is 1. The van der Waals surface area contributed by atoms with Crippen molar-refractivity contribution in [3.63, 3.8) is 0 Å². The van der Waals surface area contributed by atoms with Crippen LogP contribution in [0.25, 0.3) is 11.5 Å². The summed E-state index contributed by atoms with van der Waals surface area (Å²) in [6, 6.07) is 17.3. The minimum absolute atomic E-state index is 0.246. The first-order chi connectivity index (χ1) is 12.7. The van der Waals surface area contributed by atoms with Crippen molar-refractivity contribution in [2.45, 2.75) is 6.42 Å². The summed E-state index contributed by atoms with van der Waals surface area (Å²) in [6.07, 6.45) is 0.729. The summed E-state index contributed by atoms with van der Waals surface area (Å²) in [5, 5.41) is 12.4. The average molecular weight is 349 g/mol. The fourth-order valence-corrected chi connectivity index (χ4v) is 2.58. The fourth-order valence-electron chi connectivity index (χ4n) is 2.58. The number of aromatic nitrogens is 1. The Labute approximate surface area is 152 Å². The van der Waals surface area contributed by atoms with Gasteiger partial charge in [0.2, 0.25) is 17.5 Å². The molecule has 3 aromatic rings. The van der Waals surface area contributed by atoms with E-state index in [1.807, 2.05) is 48.5 Å². The topological polar surface area (TPSA) is 80.3 Å². The summed E-state index contributed by atoms with van der Waals surface area (Å²) in [5.41, 5.74) is 2.16. The molecule has 6 nitrogen and oxygen atoms in total. The number of anilines is 1. The van der Waals surface area contributed by atoms with Crippen LogP contribution in [0.1, 0.15) is 11.3 Å². The van der Waals surface area contributed by atoms with E-state index in [9.17, 15) is 5.26 Å². The first-order valence-electron chi connectivity index (χ1n) is 8.16. The Hall–Kier alpha value is -3.46. The molecule has 0 saturated carbocycles.